The van der Waals surface area contributed by atoms with Gasteiger partial charge >= 0.3 is 0 Å². The van der Waals surface area contributed by atoms with Crippen LogP contribution in [0.4, 0.5) is 17.5 Å². The fourth-order valence-corrected chi connectivity index (χ4v) is 7.17. The maximum Gasteiger partial charge on any atom is 0.252 e. The molecule has 12 nitrogen and oxygen atoms in total. The summed E-state index contributed by atoms with van der Waals surface area (Å²) in [4.78, 5) is 43.5. The van der Waals surface area contributed by atoms with E-state index in [0.717, 1.165) is 62.4 Å². The third kappa shape index (κ3) is 23.9. The molecule has 3 aromatic heterocycles. The minimum Gasteiger partial charge on any atom is -0.368 e. The lowest BCUT2D eigenvalue weighted by atomic mass is 9.73. The number of aromatic nitrogens is 5. The molecule has 0 saturated carbocycles. The van der Waals surface area contributed by atoms with E-state index in [-0.39, 0.29) is 17.6 Å². The van der Waals surface area contributed by atoms with Gasteiger partial charge in [0.2, 0.25) is 0 Å². The number of ether oxygens (including phenoxy) is 1. The van der Waals surface area contributed by atoms with Crippen LogP contribution >= 0.6 is 0 Å². The van der Waals surface area contributed by atoms with E-state index in [2.05, 4.69) is 188 Å². The topological polar surface area (TPSA) is 107 Å². The fraction of sp³-hybridized carbons (Fsp3) is 0.736. The highest BCUT2D eigenvalue weighted by molar-refractivity contribution is 5.83. The number of carbonyl (C=O) groups is 1. The maximum atomic E-state index is 11.9. The molecule has 1 unspecified atom stereocenters. The van der Waals surface area contributed by atoms with E-state index in [4.69, 9.17) is 4.74 Å². The molecule has 1 amide bonds. The Morgan fingerprint density at radius 2 is 1.15 bits per heavy atom. The smallest absolute Gasteiger partial charge is 0.252 e. The number of anilines is 3. The highest BCUT2D eigenvalue weighted by Crippen LogP contribution is 2.40. The van der Waals surface area contributed by atoms with E-state index in [1.165, 1.54) is 32.6 Å². The molecule has 0 radical (unpaired) electrons. The molecular formula is C53H94N10O2. The standard InChI is InChI=1S/C11H15N3.C11H21NO2.2C8H11N3.3C5H12/c1-13-6-11(7-13)8-14(9-11)10-4-2-3-5-12-10;1-5-8-14-9-6-7-12(10(9)13)11(2,3)4;1-7-3-5-11(7)8-2-4-9-6-10-8;1-7-4-11(5-7)8-2-3-9-6-10-8;3*1-5(2,3)4/h2-5H,6-9H2,1H3;9H,5-8H2,1-4H3;2,4,6-7H,3,5H2,1H3;2-3,6-7H,4-5H2,1H3;3*1-4H3/t;;7-;;;;/m..0..../s1. The number of carbonyl (C=O) groups excluding carboxylic acids is 1. The first-order valence-electron chi connectivity index (χ1n) is 24.3. The average Bonchev–Trinajstić information content (AvgIpc) is 3.53. The quantitative estimate of drug-likeness (QED) is 0.236. The number of amides is 1. The van der Waals surface area contributed by atoms with Crippen LogP contribution in [0.5, 0.6) is 0 Å². The Balaban J connectivity index is 0.000000271. The van der Waals surface area contributed by atoms with Crippen molar-refractivity contribution in [3.8, 4) is 0 Å². The van der Waals surface area contributed by atoms with Crippen LogP contribution in [0, 0.1) is 27.6 Å². The zero-order valence-electron chi connectivity index (χ0n) is 44.8. The summed E-state index contributed by atoms with van der Waals surface area (Å²) in [6.45, 7) is 48.8. The van der Waals surface area contributed by atoms with Crippen molar-refractivity contribution in [2.75, 3.05) is 80.7 Å². The molecule has 8 rings (SSSR count). The van der Waals surface area contributed by atoms with Crippen LogP contribution in [0.15, 0.2) is 61.6 Å². The van der Waals surface area contributed by atoms with Crippen LogP contribution in [0.3, 0.4) is 0 Å². The minimum absolute atomic E-state index is 0.0680. The van der Waals surface area contributed by atoms with Crippen molar-refractivity contribution in [2.24, 2.45) is 27.6 Å². The second-order valence-electron chi connectivity index (χ2n) is 24.5. The maximum absolute atomic E-state index is 11.9. The minimum atomic E-state index is -0.186. The van der Waals surface area contributed by atoms with E-state index in [9.17, 15) is 4.79 Å². The van der Waals surface area contributed by atoms with Crippen molar-refractivity contribution in [1.82, 2.24) is 34.7 Å². The highest BCUT2D eigenvalue weighted by Gasteiger charge is 2.50. The Hall–Kier alpha value is -3.90. The second-order valence-corrected chi connectivity index (χ2v) is 24.5. The molecule has 0 aliphatic carbocycles. The number of likely N-dealkylation sites (tertiary alicyclic amines) is 2. The highest BCUT2D eigenvalue weighted by atomic mass is 16.5. The van der Waals surface area contributed by atoms with Gasteiger partial charge in [-0.25, -0.2) is 24.9 Å². The lowest BCUT2D eigenvalue weighted by Crippen LogP contribution is -2.71. The zero-order chi connectivity index (χ0) is 49.2. The molecule has 368 valence electrons. The third-order valence-electron chi connectivity index (χ3n) is 9.86. The Morgan fingerprint density at radius 3 is 1.51 bits per heavy atom. The Bertz CT molecular complexity index is 1670. The number of rotatable bonds is 6. The van der Waals surface area contributed by atoms with Crippen LogP contribution in [-0.4, -0.2) is 124 Å². The molecule has 5 aliphatic heterocycles. The summed E-state index contributed by atoms with van der Waals surface area (Å²) >= 11 is 0. The molecule has 3 aromatic rings. The van der Waals surface area contributed by atoms with Gasteiger partial charge in [-0.2, -0.15) is 0 Å². The van der Waals surface area contributed by atoms with Gasteiger partial charge in [-0.3, -0.25) is 4.79 Å². The van der Waals surface area contributed by atoms with Gasteiger partial charge in [0.25, 0.3) is 5.91 Å². The Morgan fingerprint density at radius 1 is 0.646 bits per heavy atom. The molecule has 0 N–H and O–H groups in total. The lowest BCUT2D eigenvalue weighted by molar-refractivity contribution is -0.141. The summed E-state index contributed by atoms with van der Waals surface area (Å²) < 4.78 is 5.50. The summed E-state index contributed by atoms with van der Waals surface area (Å²) in [6.07, 6.45) is 11.5. The molecule has 2 atom stereocenters. The van der Waals surface area contributed by atoms with Crippen molar-refractivity contribution >= 4 is 23.4 Å². The molecule has 5 saturated heterocycles. The van der Waals surface area contributed by atoms with Crippen molar-refractivity contribution in [1.29, 1.82) is 0 Å². The number of pyridine rings is 1. The Labute approximate surface area is 397 Å². The van der Waals surface area contributed by atoms with Gasteiger partial charge in [-0.05, 0) is 94.0 Å². The van der Waals surface area contributed by atoms with Crippen LogP contribution in [0.25, 0.3) is 0 Å². The van der Waals surface area contributed by atoms with Crippen LogP contribution in [0.1, 0.15) is 144 Å². The normalized spacial score (nSPS) is 20.0. The third-order valence-corrected chi connectivity index (χ3v) is 9.86. The molecule has 0 aromatic carbocycles. The first-order valence-corrected chi connectivity index (χ1v) is 24.3. The predicted molar refractivity (Wildman–Crippen MR) is 275 cm³/mol. The zero-order valence-corrected chi connectivity index (χ0v) is 44.8. The second kappa shape index (κ2) is 25.9. The number of hydrogen-bond donors (Lipinski definition) is 0. The van der Waals surface area contributed by atoms with Crippen molar-refractivity contribution in [2.45, 2.75) is 162 Å². The van der Waals surface area contributed by atoms with Crippen molar-refractivity contribution in [3.63, 3.8) is 0 Å². The van der Waals surface area contributed by atoms with Gasteiger partial charge in [0.1, 0.15) is 36.2 Å². The lowest BCUT2D eigenvalue weighted by Gasteiger charge is -2.59. The van der Waals surface area contributed by atoms with Gasteiger partial charge < -0.3 is 29.2 Å². The summed E-state index contributed by atoms with van der Waals surface area (Å²) in [5, 5.41) is 0. The molecule has 65 heavy (non-hydrogen) atoms. The molecule has 5 fully saturated rings. The summed E-state index contributed by atoms with van der Waals surface area (Å²) in [6, 6.07) is 10.7. The van der Waals surface area contributed by atoms with E-state index in [0.29, 0.717) is 34.3 Å². The van der Waals surface area contributed by atoms with Crippen molar-refractivity contribution in [3.05, 3.63) is 61.6 Å². The van der Waals surface area contributed by atoms with Gasteiger partial charge in [0, 0.05) is 101 Å². The number of nitrogens with zero attached hydrogens (tertiary/aromatic N) is 10. The van der Waals surface area contributed by atoms with Crippen LogP contribution in [-0.2, 0) is 9.53 Å². The van der Waals surface area contributed by atoms with E-state index in [1.807, 2.05) is 29.3 Å². The van der Waals surface area contributed by atoms with Crippen molar-refractivity contribution < 1.29 is 9.53 Å². The number of hydrogen-bond acceptors (Lipinski definition) is 11. The summed E-state index contributed by atoms with van der Waals surface area (Å²) in [5.41, 5.74) is 2.04. The average molecular weight is 903 g/mol. The predicted octanol–water partition coefficient (Wildman–Crippen LogP) is 10.8. The monoisotopic (exact) mass is 903 g/mol. The first-order chi connectivity index (χ1) is 30.0. The molecule has 12 heteroatoms. The molecule has 0 bridgehead atoms. The summed E-state index contributed by atoms with van der Waals surface area (Å²) in [5.74, 6) is 4.22. The van der Waals surface area contributed by atoms with E-state index >= 15 is 0 Å². The van der Waals surface area contributed by atoms with Gasteiger partial charge in [0.05, 0.1) is 0 Å². The first kappa shape index (κ1) is 57.2. The van der Waals surface area contributed by atoms with E-state index < -0.39 is 0 Å². The molecule has 8 heterocycles. The molecule has 5 aliphatic rings. The largest absolute Gasteiger partial charge is 0.368 e. The van der Waals surface area contributed by atoms with Crippen LogP contribution < -0.4 is 14.7 Å². The van der Waals surface area contributed by atoms with Crippen LogP contribution in [0.2, 0.25) is 0 Å². The fourth-order valence-electron chi connectivity index (χ4n) is 7.17. The van der Waals surface area contributed by atoms with E-state index in [1.54, 1.807) is 25.0 Å². The molecule has 1 spiro atoms. The molecular weight excluding hydrogens is 809 g/mol. The van der Waals surface area contributed by atoms with Gasteiger partial charge in [-0.15, -0.1) is 0 Å². The van der Waals surface area contributed by atoms with Gasteiger partial charge in [-0.1, -0.05) is 103 Å². The Kier molecular flexibility index (Phi) is 22.8. The van der Waals surface area contributed by atoms with Gasteiger partial charge in [0.15, 0.2) is 0 Å². The summed E-state index contributed by atoms with van der Waals surface area (Å²) in [7, 11) is 2.19. The SMILES string of the molecule is CC(C)(C)C.CC(C)(C)C.CC(C)(C)C.CC1CN(c2ccncn2)C1.CCCOC1CCN(C(C)(C)C)C1=O.CN1CC2(C1)CN(c1ccccn1)C2.C[C@H]1CCN1c1ccncn1.